The van der Waals surface area contributed by atoms with Crippen LogP contribution in [-0.4, -0.2) is 5.78 Å². The first kappa shape index (κ1) is 10.1. The fraction of sp³-hybridized carbons (Fsp3) is 0.111. The second-order valence-electron chi connectivity index (χ2n) is 2.49. The van der Waals surface area contributed by atoms with Crippen molar-refractivity contribution in [3.63, 3.8) is 0 Å². The van der Waals surface area contributed by atoms with Crippen molar-refractivity contribution in [2.45, 2.75) is 6.92 Å². The van der Waals surface area contributed by atoms with E-state index in [2.05, 4.69) is 0 Å². The molecule has 1 aromatic carbocycles. The molecule has 0 saturated carbocycles. The molecule has 0 aromatic heterocycles. The minimum Gasteiger partial charge on any atom is -0.295 e. The molecule has 0 bridgehead atoms. The lowest BCUT2D eigenvalue weighted by Crippen LogP contribution is -1.97. The van der Waals surface area contributed by atoms with Crippen molar-refractivity contribution in [2.24, 2.45) is 0 Å². The van der Waals surface area contributed by atoms with Gasteiger partial charge in [0.1, 0.15) is 11.9 Å². The van der Waals surface area contributed by atoms with Gasteiger partial charge >= 0.3 is 0 Å². The van der Waals surface area contributed by atoms with Gasteiger partial charge < -0.3 is 0 Å². The summed E-state index contributed by atoms with van der Waals surface area (Å²) in [7, 11) is 0. The van der Waals surface area contributed by atoms with Crippen molar-refractivity contribution in [3.05, 3.63) is 32.6 Å². The first-order valence-corrected chi connectivity index (χ1v) is 4.54. The van der Waals surface area contributed by atoms with Gasteiger partial charge in [-0.2, -0.15) is 5.26 Å². The lowest BCUT2D eigenvalue weighted by molar-refractivity contribution is 0.101. The van der Waals surface area contributed by atoms with E-state index in [1.54, 1.807) is 22.6 Å². The van der Waals surface area contributed by atoms with Crippen molar-refractivity contribution in [1.82, 2.24) is 0 Å². The minimum atomic E-state index is -0.523. The van der Waals surface area contributed by atoms with E-state index in [1.165, 1.54) is 13.0 Å². The van der Waals surface area contributed by atoms with Gasteiger partial charge in [0.05, 0.1) is 9.13 Å². The highest BCUT2D eigenvalue weighted by Gasteiger charge is 2.09. The third-order valence-electron chi connectivity index (χ3n) is 1.56. The number of ketones is 1. The number of carbonyl (C=O) groups is 1. The summed E-state index contributed by atoms with van der Waals surface area (Å²) in [6.45, 7) is 1.34. The molecule has 0 amide bonds. The molecular formula is C9H5FINO. The van der Waals surface area contributed by atoms with Crippen molar-refractivity contribution < 1.29 is 9.18 Å². The molecule has 0 heterocycles. The molecule has 1 aromatic rings. The summed E-state index contributed by atoms with van der Waals surface area (Å²) in [4.78, 5) is 10.9. The molecule has 0 N–H and O–H groups in total. The maximum Gasteiger partial charge on any atom is 0.159 e. The molecule has 0 aliphatic rings. The second-order valence-corrected chi connectivity index (χ2v) is 3.57. The van der Waals surface area contributed by atoms with Gasteiger partial charge in [0.25, 0.3) is 0 Å². The van der Waals surface area contributed by atoms with E-state index >= 15 is 0 Å². The normalized spacial score (nSPS) is 9.38. The SMILES string of the molecule is CC(=O)c1cc(F)c(I)c(C#N)c1. The predicted octanol–water partition coefficient (Wildman–Crippen LogP) is 2.50. The molecule has 0 unspecified atom stereocenters. The molecule has 1 rings (SSSR count). The number of nitriles is 1. The van der Waals surface area contributed by atoms with Crippen LogP contribution in [0.25, 0.3) is 0 Å². The quantitative estimate of drug-likeness (QED) is 0.588. The van der Waals surface area contributed by atoms with Gasteiger partial charge in [-0.25, -0.2) is 4.39 Å². The molecule has 0 aliphatic carbocycles. The monoisotopic (exact) mass is 289 g/mol. The molecule has 2 nitrogen and oxygen atoms in total. The molecule has 0 fully saturated rings. The third kappa shape index (κ3) is 2.04. The molecule has 66 valence electrons. The second kappa shape index (κ2) is 3.83. The van der Waals surface area contributed by atoms with E-state index in [-0.39, 0.29) is 20.5 Å². The van der Waals surface area contributed by atoms with Crippen molar-refractivity contribution >= 4 is 28.4 Å². The third-order valence-corrected chi connectivity index (χ3v) is 2.65. The largest absolute Gasteiger partial charge is 0.295 e. The van der Waals surface area contributed by atoms with Gasteiger partial charge in [0.15, 0.2) is 5.78 Å². The van der Waals surface area contributed by atoms with E-state index < -0.39 is 5.82 Å². The van der Waals surface area contributed by atoms with E-state index in [1.807, 2.05) is 6.07 Å². The van der Waals surface area contributed by atoms with E-state index in [0.717, 1.165) is 6.07 Å². The number of halogens is 2. The highest BCUT2D eigenvalue weighted by atomic mass is 127. The highest BCUT2D eigenvalue weighted by molar-refractivity contribution is 14.1. The molecule has 4 heteroatoms. The minimum absolute atomic E-state index is 0.200. The molecule has 0 atom stereocenters. The number of hydrogen-bond acceptors (Lipinski definition) is 2. The van der Waals surface area contributed by atoms with Gasteiger partial charge in [-0.15, -0.1) is 0 Å². The zero-order valence-electron chi connectivity index (χ0n) is 6.77. The van der Waals surface area contributed by atoms with Crippen LogP contribution in [0, 0.1) is 20.7 Å². The molecule has 0 aliphatic heterocycles. The van der Waals surface area contributed by atoms with E-state index in [0.29, 0.717) is 0 Å². The fourth-order valence-electron chi connectivity index (χ4n) is 0.874. The smallest absolute Gasteiger partial charge is 0.159 e. The van der Waals surface area contributed by atoms with Crippen molar-refractivity contribution in [1.29, 1.82) is 5.26 Å². The van der Waals surface area contributed by atoms with Crippen molar-refractivity contribution in [2.75, 3.05) is 0 Å². The van der Waals surface area contributed by atoms with Gasteiger partial charge in [0, 0.05) is 5.56 Å². The number of carbonyl (C=O) groups excluding carboxylic acids is 1. The summed E-state index contributed by atoms with van der Waals surface area (Å²) in [6.07, 6.45) is 0. The van der Waals surface area contributed by atoms with E-state index in [9.17, 15) is 9.18 Å². The first-order chi connectivity index (χ1) is 6.06. The van der Waals surface area contributed by atoms with Gasteiger partial charge in [-0.3, -0.25) is 4.79 Å². The van der Waals surface area contributed by atoms with Gasteiger partial charge in [0.2, 0.25) is 0 Å². The summed E-state index contributed by atoms with van der Waals surface area (Å²) in [5, 5.41) is 8.62. The van der Waals surface area contributed by atoms with Crippen LogP contribution >= 0.6 is 22.6 Å². The Morgan fingerprint density at radius 1 is 1.62 bits per heavy atom. The molecular weight excluding hydrogens is 284 g/mol. The van der Waals surface area contributed by atoms with Crippen LogP contribution in [0.15, 0.2) is 12.1 Å². The first-order valence-electron chi connectivity index (χ1n) is 3.46. The standard InChI is InChI=1S/C9H5FINO/c1-5(13)6-2-7(4-12)9(11)8(10)3-6/h2-3H,1H3. The Morgan fingerprint density at radius 3 is 2.69 bits per heavy atom. The zero-order chi connectivity index (χ0) is 10.0. The number of Topliss-reactive ketones (excluding diaryl/α,β-unsaturated/α-hetero) is 1. The Bertz CT molecular complexity index is 409. The summed E-state index contributed by atoms with van der Waals surface area (Å²) in [5.74, 6) is -0.767. The number of benzene rings is 1. The maximum atomic E-state index is 13.1. The Kier molecular flexibility index (Phi) is 2.98. The summed E-state index contributed by atoms with van der Waals surface area (Å²) >= 11 is 1.74. The Balaban J connectivity index is 3.41. The molecule has 0 saturated heterocycles. The average Bonchev–Trinajstić information content (AvgIpc) is 2.09. The Morgan fingerprint density at radius 2 is 2.23 bits per heavy atom. The summed E-state index contributed by atoms with van der Waals surface area (Å²) in [6, 6.07) is 4.37. The highest BCUT2D eigenvalue weighted by Crippen LogP contribution is 2.18. The molecule has 0 radical (unpaired) electrons. The number of rotatable bonds is 1. The Labute approximate surface area is 88.5 Å². The molecule has 13 heavy (non-hydrogen) atoms. The van der Waals surface area contributed by atoms with Crippen molar-refractivity contribution in [3.8, 4) is 6.07 Å². The van der Waals surface area contributed by atoms with Crippen LogP contribution in [-0.2, 0) is 0 Å². The maximum absolute atomic E-state index is 13.1. The van der Waals surface area contributed by atoms with Crippen LogP contribution in [0.2, 0.25) is 0 Å². The zero-order valence-corrected chi connectivity index (χ0v) is 8.92. The molecule has 0 spiro atoms. The Hall–Kier alpha value is -0.960. The summed E-state index contributed by atoms with van der Waals surface area (Å²) in [5.41, 5.74) is 0.431. The van der Waals surface area contributed by atoms with Gasteiger partial charge in [-0.1, -0.05) is 0 Å². The van der Waals surface area contributed by atoms with Crippen LogP contribution in [0.4, 0.5) is 4.39 Å². The lowest BCUT2D eigenvalue weighted by atomic mass is 10.1. The topological polar surface area (TPSA) is 40.9 Å². The van der Waals surface area contributed by atoms with Crippen LogP contribution in [0.1, 0.15) is 22.8 Å². The predicted molar refractivity (Wildman–Crippen MR) is 53.8 cm³/mol. The number of nitrogens with zero attached hydrogens (tertiary/aromatic N) is 1. The fourth-order valence-corrected chi connectivity index (χ4v) is 1.31. The average molecular weight is 289 g/mol. The van der Waals surface area contributed by atoms with Crippen LogP contribution in [0.5, 0.6) is 0 Å². The summed E-state index contributed by atoms with van der Waals surface area (Å²) < 4.78 is 13.3. The van der Waals surface area contributed by atoms with Crippen LogP contribution < -0.4 is 0 Å². The van der Waals surface area contributed by atoms with E-state index in [4.69, 9.17) is 5.26 Å². The number of hydrogen-bond donors (Lipinski definition) is 0. The lowest BCUT2D eigenvalue weighted by Gasteiger charge is -2.00. The van der Waals surface area contributed by atoms with Crippen LogP contribution in [0.3, 0.4) is 0 Å². The van der Waals surface area contributed by atoms with Gasteiger partial charge in [-0.05, 0) is 41.6 Å².